The first kappa shape index (κ1) is 21.8. The van der Waals surface area contributed by atoms with Gasteiger partial charge in [-0.1, -0.05) is 0 Å². The summed E-state index contributed by atoms with van der Waals surface area (Å²) in [5.74, 6) is -0.0214. The Morgan fingerprint density at radius 1 is 1.17 bits per heavy atom. The Bertz CT molecular complexity index is 1580. The molecule has 0 unspecified atom stereocenters. The zero-order chi connectivity index (χ0) is 24.4. The van der Waals surface area contributed by atoms with Gasteiger partial charge in [0.05, 0.1) is 42.7 Å². The molecule has 2 N–H and O–H groups in total. The lowest BCUT2D eigenvalue weighted by Crippen LogP contribution is -2.65. The molecule has 2 amide bonds. The molecule has 0 aliphatic carbocycles. The second-order valence-corrected chi connectivity index (χ2v) is 10.7. The van der Waals surface area contributed by atoms with E-state index in [-0.39, 0.29) is 29.5 Å². The Labute approximate surface area is 212 Å². The average molecular weight is 524 g/mol. The van der Waals surface area contributed by atoms with Crippen LogP contribution in [0.5, 0.6) is 11.8 Å². The summed E-state index contributed by atoms with van der Waals surface area (Å²) in [5, 5.41) is 6.18. The Balaban J connectivity index is 1.21. The normalized spacial score (nSPS) is 18.8. The molecule has 4 aromatic rings. The molecule has 3 aromatic heterocycles. The number of likely N-dealkylation sites (tertiary alicyclic amines) is 1. The van der Waals surface area contributed by atoms with Crippen molar-refractivity contribution in [1.29, 1.82) is 0 Å². The zero-order valence-electron chi connectivity index (χ0n) is 18.7. The third kappa shape index (κ3) is 3.56. The second-order valence-electron chi connectivity index (χ2n) is 9.26. The number of fused-ring (bicyclic) bond motifs is 5. The minimum Gasteiger partial charge on any atom is -0.418 e. The maximum atomic E-state index is 12.5. The summed E-state index contributed by atoms with van der Waals surface area (Å²) in [6.07, 6.45) is 3.16. The van der Waals surface area contributed by atoms with Crippen molar-refractivity contribution >= 4 is 61.6 Å². The molecule has 36 heavy (non-hydrogen) atoms. The fraction of sp³-hybridized carbons (Fsp3) is 0.304. The lowest BCUT2D eigenvalue weighted by molar-refractivity contribution is -0.191. The van der Waals surface area contributed by atoms with Gasteiger partial charge in [-0.15, -0.1) is 11.3 Å². The van der Waals surface area contributed by atoms with Gasteiger partial charge < -0.3 is 20.1 Å². The van der Waals surface area contributed by atoms with Crippen LogP contribution in [0.2, 0.25) is 5.28 Å². The fourth-order valence-corrected chi connectivity index (χ4v) is 6.10. The van der Waals surface area contributed by atoms with Crippen LogP contribution in [0.4, 0.5) is 5.69 Å². The topological polar surface area (TPSA) is 131 Å². The van der Waals surface area contributed by atoms with Gasteiger partial charge >= 0.3 is 0 Å². The highest BCUT2D eigenvalue weighted by atomic mass is 35.5. The molecule has 11 nitrogen and oxygen atoms in total. The average Bonchev–Trinajstić information content (AvgIpc) is 3.11. The lowest BCUT2D eigenvalue weighted by Gasteiger charge is -2.55. The van der Waals surface area contributed by atoms with Gasteiger partial charge in [-0.2, -0.15) is 4.98 Å². The van der Waals surface area contributed by atoms with Gasteiger partial charge in [0.15, 0.2) is 0 Å². The van der Waals surface area contributed by atoms with Crippen LogP contribution < -0.4 is 15.4 Å². The molecular formula is C23H18ClN7O4S. The molecule has 13 heteroatoms. The standard InChI is InChI=1S/C23H18ClN7O4S/c24-22-27-3-11(6-31-7-23(8-31)9-34-10-23)21(30-22)35-15-5-25-17-12(28-15)1-2-13-16(17)18-19(36-13)20(33)26-4-14(32)29-18/h1-3,5H,4,6-10H2,(H,26,33)(H,29,32). The molecule has 3 aliphatic heterocycles. The Morgan fingerprint density at radius 2 is 2.03 bits per heavy atom. The van der Waals surface area contributed by atoms with E-state index in [1.165, 1.54) is 17.5 Å². The molecule has 0 radical (unpaired) electrons. The summed E-state index contributed by atoms with van der Waals surface area (Å²) >= 11 is 7.36. The minimum atomic E-state index is -0.295. The van der Waals surface area contributed by atoms with Gasteiger partial charge in [-0.25, -0.2) is 15.0 Å². The van der Waals surface area contributed by atoms with Gasteiger partial charge in [0, 0.05) is 46.9 Å². The number of halogens is 1. The van der Waals surface area contributed by atoms with Crippen molar-refractivity contribution in [3.8, 4) is 11.8 Å². The van der Waals surface area contributed by atoms with E-state index in [9.17, 15) is 9.59 Å². The number of rotatable bonds is 4. The number of hydrogen-bond donors (Lipinski definition) is 2. The summed E-state index contributed by atoms with van der Waals surface area (Å²) < 4.78 is 12.2. The third-order valence-corrected chi connectivity index (χ3v) is 7.88. The molecule has 3 aliphatic rings. The van der Waals surface area contributed by atoms with Crippen molar-refractivity contribution in [2.75, 3.05) is 38.2 Å². The summed E-state index contributed by atoms with van der Waals surface area (Å²) in [6.45, 7) is 4.09. The van der Waals surface area contributed by atoms with Crippen molar-refractivity contribution < 1.29 is 19.1 Å². The lowest BCUT2D eigenvalue weighted by atomic mass is 9.78. The van der Waals surface area contributed by atoms with Crippen LogP contribution in [-0.4, -0.2) is 69.5 Å². The van der Waals surface area contributed by atoms with Crippen molar-refractivity contribution in [2.45, 2.75) is 6.54 Å². The molecule has 6 heterocycles. The molecule has 2 saturated heterocycles. The first-order valence-electron chi connectivity index (χ1n) is 11.3. The smallest absolute Gasteiger partial charge is 0.263 e. The van der Waals surface area contributed by atoms with Gasteiger partial charge in [0.2, 0.25) is 23.0 Å². The number of nitrogens with zero attached hydrogens (tertiary/aromatic N) is 5. The molecule has 2 fully saturated rings. The number of hydrogen-bond acceptors (Lipinski definition) is 10. The zero-order valence-corrected chi connectivity index (χ0v) is 20.3. The first-order chi connectivity index (χ1) is 17.5. The van der Waals surface area contributed by atoms with Crippen LogP contribution in [0.1, 0.15) is 15.2 Å². The summed E-state index contributed by atoms with van der Waals surface area (Å²) in [5.41, 5.74) is 2.66. The largest absolute Gasteiger partial charge is 0.418 e. The summed E-state index contributed by atoms with van der Waals surface area (Å²) in [7, 11) is 0. The molecule has 1 aromatic carbocycles. The molecule has 182 valence electrons. The van der Waals surface area contributed by atoms with E-state index in [0.29, 0.717) is 44.8 Å². The quantitative estimate of drug-likeness (QED) is 0.387. The van der Waals surface area contributed by atoms with Crippen LogP contribution in [0.3, 0.4) is 0 Å². The van der Waals surface area contributed by atoms with Crippen molar-refractivity contribution in [3.05, 3.63) is 40.3 Å². The van der Waals surface area contributed by atoms with Crippen LogP contribution in [-0.2, 0) is 16.1 Å². The second kappa shape index (κ2) is 8.03. The van der Waals surface area contributed by atoms with Crippen LogP contribution >= 0.6 is 22.9 Å². The summed E-state index contributed by atoms with van der Waals surface area (Å²) in [6, 6.07) is 3.66. The minimum absolute atomic E-state index is 0.0756. The molecular weight excluding hydrogens is 506 g/mol. The number of aromatic nitrogens is 4. The number of anilines is 1. The predicted octanol–water partition coefficient (Wildman–Crippen LogP) is 2.59. The van der Waals surface area contributed by atoms with E-state index in [0.717, 1.165) is 36.6 Å². The number of carbonyl (C=O) groups excluding carboxylic acids is 2. The highest BCUT2D eigenvalue weighted by molar-refractivity contribution is 7.21. The maximum absolute atomic E-state index is 12.5. The highest BCUT2D eigenvalue weighted by Crippen LogP contribution is 2.41. The van der Waals surface area contributed by atoms with E-state index in [2.05, 4.69) is 35.5 Å². The molecule has 1 spiro atoms. The molecule has 0 bridgehead atoms. The Hall–Kier alpha value is -3.45. The maximum Gasteiger partial charge on any atom is 0.263 e. The van der Waals surface area contributed by atoms with Gasteiger partial charge in [0.25, 0.3) is 5.91 Å². The van der Waals surface area contributed by atoms with Gasteiger partial charge in [-0.3, -0.25) is 14.5 Å². The first-order valence-corrected chi connectivity index (χ1v) is 12.5. The SMILES string of the molecule is O=C1CNC(=O)c2sc3ccc4nc(Oc5nc(Cl)ncc5CN5CC6(COC6)C5)cnc4c3c2N1. The van der Waals surface area contributed by atoms with Crippen LogP contribution in [0.25, 0.3) is 21.1 Å². The monoisotopic (exact) mass is 523 g/mol. The van der Waals surface area contributed by atoms with Gasteiger partial charge in [0.1, 0.15) is 4.88 Å². The Morgan fingerprint density at radius 3 is 2.83 bits per heavy atom. The summed E-state index contributed by atoms with van der Waals surface area (Å²) in [4.78, 5) is 44.9. The number of nitrogens with one attached hydrogen (secondary N) is 2. The number of amides is 2. The fourth-order valence-electron chi connectivity index (χ4n) is 4.90. The molecule has 0 saturated carbocycles. The van der Waals surface area contributed by atoms with E-state index in [1.807, 2.05) is 6.07 Å². The van der Waals surface area contributed by atoms with Crippen molar-refractivity contribution in [2.24, 2.45) is 5.41 Å². The highest BCUT2D eigenvalue weighted by Gasteiger charge is 2.48. The number of carbonyl (C=O) groups is 2. The van der Waals surface area contributed by atoms with Crippen LogP contribution in [0, 0.1) is 5.41 Å². The van der Waals surface area contributed by atoms with Crippen LogP contribution in [0.15, 0.2) is 24.5 Å². The van der Waals surface area contributed by atoms with E-state index < -0.39 is 0 Å². The number of benzene rings is 1. The van der Waals surface area contributed by atoms with E-state index in [4.69, 9.17) is 21.1 Å². The van der Waals surface area contributed by atoms with E-state index in [1.54, 1.807) is 12.3 Å². The number of thiophene rings is 1. The van der Waals surface area contributed by atoms with Crippen molar-refractivity contribution in [1.82, 2.24) is 30.2 Å². The molecule has 7 rings (SSSR count). The third-order valence-electron chi connectivity index (χ3n) is 6.55. The molecule has 0 atom stereocenters. The van der Waals surface area contributed by atoms with E-state index >= 15 is 0 Å². The number of ether oxygens (including phenoxy) is 2. The van der Waals surface area contributed by atoms with Crippen molar-refractivity contribution in [3.63, 3.8) is 0 Å². The Kier molecular flexibility index (Phi) is 4.86. The van der Waals surface area contributed by atoms with Gasteiger partial charge in [-0.05, 0) is 23.7 Å². The predicted molar refractivity (Wildman–Crippen MR) is 132 cm³/mol.